The fraction of sp³-hybridized carbons (Fsp3) is 0.276. The molecular formula is C29H30N4O4. The molecule has 3 heterocycles. The van der Waals surface area contributed by atoms with Gasteiger partial charge in [-0.3, -0.25) is 14.5 Å². The highest BCUT2D eigenvalue weighted by Gasteiger charge is 2.27. The summed E-state index contributed by atoms with van der Waals surface area (Å²) in [6.45, 7) is 6.00. The number of hydrogen-bond acceptors (Lipinski definition) is 6. The topological polar surface area (TPSA) is 98.5 Å². The van der Waals surface area contributed by atoms with Gasteiger partial charge in [-0.25, -0.2) is 0 Å². The molecule has 1 aliphatic rings. The summed E-state index contributed by atoms with van der Waals surface area (Å²) in [5.74, 6) is 1.67. The van der Waals surface area contributed by atoms with Crippen LogP contribution in [0.2, 0.25) is 0 Å². The van der Waals surface area contributed by atoms with Gasteiger partial charge in [-0.05, 0) is 52.9 Å². The maximum absolute atomic E-state index is 12.8. The fourth-order valence-electron chi connectivity index (χ4n) is 4.51. The van der Waals surface area contributed by atoms with Crippen molar-refractivity contribution in [2.45, 2.75) is 32.9 Å². The average molecular weight is 499 g/mol. The van der Waals surface area contributed by atoms with Gasteiger partial charge < -0.3 is 19.9 Å². The van der Waals surface area contributed by atoms with Crippen molar-refractivity contribution in [3.05, 3.63) is 83.8 Å². The summed E-state index contributed by atoms with van der Waals surface area (Å²) in [7, 11) is 0. The molecule has 1 amide bonds. The van der Waals surface area contributed by atoms with E-state index >= 15 is 0 Å². The van der Waals surface area contributed by atoms with Gasteiger partial charge in [0.2, 0.25) is 0 Å². The number of aliphatic hydroxyl groups excluding tert-OH is 1. The first-order valence-electron chi connectivity index (χ1n) is 12.4. The third kappa shape index (κ3) is 5.20. The van der Waals surface area contributed by atoms with E-state index in [2.05, 4.69) is 24.1 Å². The number of pyridine rings is 1. The van der Waals surface area contributed by atoms with E-state index in [0.717, 1.165) is 39.3 Å². The van der Waals surface area contributed by atoms with Gasteiger partial charge in [0.15, 0.2) is 0 Å². The molecule has 2 N–H and O–H groups in total. The van der Waals surface area contributed by atoms with Crippen molar-refractivity contribution in [2.75, 3.05) is 19.8 Å². The highest BCUT2D eigenvalue weighted by molar-refractivity contribution is 6.03. The van der Waals surface area contributed by atoms with E-state index in [9.17, 15) is 4.79 Å². The van der Waals surface area contributed by atoms with Crippen LogP contribution in [0.25, 0.3) is 22.4 Å². The van der Waals surface area contributed by atoms with Crippen LogP contribution in [-0.4, -0.2) is 45.5 Å². The lowest BCUT2D eigenvalue weighted by Gasteiger charge is -2.16. The molecule has 0 bridgehead atoms. The zero-order chi connectivity index (χ0) is 25.8. The van der Waals surface area contributed by atoms with E-state index < -0.39 is 0 Å². The predicted molar refractivity (Wildman–Crippen MR) is 141 cm³/mol. The third-order valence-corrected chi connectivity index (χ3v) is 6.33. The quantitative estimate of drug-likeness (QED) is 0.354. The molecule has 1 aliphatic heterocycles. The van der Waals surface area contributed by atoms with Crippen molar-refractivity contribution in [1.29, 1.82) is 0 Å². The van der Waals surface area contributed by atoms with Crippen molar-refractivity contribution < 1.29 is 19.4 Å². The average Bonchev–Trinajstić information content (AvgIpc) is 3.32. The lowest BCUT2D eigenvalue weighted by molar-refractivity contribution is 0.0925. The van der Waals surface area contributed by atoms with Gasteiger partial charge in [0.05, 0.1) is 13.2 Å². The number of fused-ring (bicyclic) bond motifs is 1. The predicted octanol–water partition coefficient (Wildman–Crippen LogP) is 4.43. The molecule has 0 saturated heterocycles. The van der Waals surface area contributed by atoms with E-state index in [1.165, 1.54) is 0 Å². The number of hydrogen-bond donors (Lipinski definition) is 2. The van der Waals surface area contributed by atoms with E-state index in [-0.39, 0.29) is 19.1 Å². The molecule has 2 aromatic heterocycles. The zero-order valence-electron chi connectivity index (χ0n) is 21.0. The van der Waals surface area contributed by atoms with Crippen molar-refractivity contribution in [2.24, 2.45) is 0 Å². The SMILES string of the molecule is CC(C)c1ccc(COc2ccc(-c3c(-c4ccncc4)nn4c3C(=O)NCC4)cc2)cc1OCCO. The molecule has 0 unspecified atom stereocenters. The van der Waals surface area contributed by atoms with Crippen LogP contribution in [0.1, 0.15) is 41.4 Å². The molecule has 0 saturated carbocycles. The largest absolute Gasteiger partial charge is 0.491 e. The number of aliphatic hydroxyl groups is 1. The van der Waals surface area contributed by atoms with Crippen LogP contribution >= 0.6 is 0 Å². The molecule has 2 aromatic carbocycles. The van der Waals surface area contributed by atoms with Crippen LogP contribution in [0.3, 0.4) is 0 Å². The molecule has 0 radical (unpaired) electrons. The Morgan fingerprint density at radius 3 is 2.54 bits per heavy atom. The Morgan fingerprint density at radius 2 is 1.81 bits per heavy atom. The third-order valence-electron chi connectivity index (χ3n) is 6.33. The highest BCUT2D eigenvalue weighted by atomic mass is 16.5. The van der Waals surface area contributed by atoms with E-state index in [4.69, 9.17) is 19.7 Å². The lowest BCUT2D eigenvalue weighted by atomic mass is 9.98. The standard InChI is InChI=1S/C29H30N4O4/c1-19(2)24-8-3-20(17-25(24)36-16-15-34)18-37-23-6-4-21(5-7-23)26-27(22-9-11-30-12-10-22)32-33-14-13-31-29(35)28(26)33/h3-12,17,19,34H,13-16,18H2,1-2H3,(H,31,35). The number of benzene rings is 2. The summed E-state index contributed by atoms with van der Waals surface area (Å²) >= 11 is 0. The number of carbonyl (C=O) groups is 1. The lowest BCUT2D eigenvalue weighted by Crippen LogP contribution is -2.35. The van der Waals surface area contributed by atoms with Gasteiger partial charge in [-0.15, -0.1) is 0 Å². The summed E-state index contributed by atoms with van der Waals surface area (Å²) in [5.41, 5.74) is 5.98. The number of nitrogens with one attached hydrogen (secondary N) is 1. The van der Waals surface area contributed by atoms with Crippen molar-refractivity contribution >= 4 is 5.91 Å². The summed E-state index contributed by atoms with van der Waals surface area (Å²) in [6, 6.07) is 17.6. The molecule has 0 atom stereocenters. The van der Waals surface area contributed by atoms with Gasteiger partial charge in [0.1, 0.15) is 36.1 Å². The number of ether oxygens (including phenoxy) is 2. The monoisotopic (exact) mass is 498 g/mol. The zero-order valence-corrected chi connectivity index (χ0v) is 21.0. The van der Waals surface area contributed by atoms with Gasteiger partial charge >= 0.3 is 0 Å². The normalized spacial score (nSPS) is 12.8. The maximum Gasteiger partial charge on any atom is 0.270 e. The van der Waals surface area contributed by atoms with Crippen LogP contribution in [0.5, 0.6) is 11.5 Å². The number of carbonyl (C=O) groups excluding carboxylic acids is 1. The first kappa shape index (κ1) is 24.5. The first-order chi connectivity index (χ1) is 18.0. The molecule has 37 heavy (non-hydrogen) atoms. The van der Waals surface area contributed by atoms with Gasteiger partial charge in [-0.2, -0.15) is 5.10 Å². The van der Waals surface area contributed by atoms with Crippen LogP contribution < -0.4 is 14.8 Å². The summed E-state index contributed by atoms with van der Waals surface area (Å²) in [5, 5.41) is 16.8. The Kier molecular flexibility index (Phi) is 7.18. The van der Waals surface area contributed by atoms with Gasteiger partial charge in [-0.1, -0.05) is 38.1 Å². The van der Waals surface area contributed by atoms with Crippen molar-refractivity contribution in [3.63, 3.8) is 0 Å². The number of rotatable bonds is 9. The second-order valence-corrected chi connectivity index (χ2v) is 9.20. The summed E-state index contributed by atoms with van der Waals surface area (Å²) in [6.07, 6.45) is 3.45. The van der Waals surface area contributed by atoms with Crippen LogP contribution in [0, 0.1) is 0 Å². The number of amides is 1. The molecule has 0 spiro atoms. The molecule has 5 rings (SSSR count). The number of nitrogens with zero attached hydrogens (tertiary/aromatic N) is 3. The molecule has 0 aliphatic carbocycles. The van der Waals surface area contributed by atoms with E-state index in [1.54, 1.807) is 17.1 Å². The smallest absolute Gasteiger partial charge is 0.270 e. The van der Waals surface area contributed by atoms with Gasteiger partial charge in [0, 0.05) is 30.1 Å². The first-order valence-corrected chi connectivity index (χ1v) is 12.4. The minimum Gasteiger partial charge on any atom is -0.491 e. The minimum atomic E-state index is -0.126. The molecule has 4 aromatic rings. The Labute approximate surface area is 215 Å². The van der Waals surface area contributed by atoms with E-state index in [0.29, 0.717) is 37.1 Å². The summed E-state index contributed by atoms with van der Waals surface area (Å²) in [4.78, 5) is 16.9. The Bertz CT molecular complexity index is 1380. The molecular weight excluding hydrogens is 468 g/mol. The maximum atomic E-state index is 12.8. The second-order valence-electron chi connectivity index (χ2n) is 9.20. The van der Waals surface area contributed by atoms with E-state index in [1.807, 2.05) is 54.6 Å². The van der Waals surface area contributed by atoms with Crippen molar-refractivity contribution in [3.8, 4) is 33.9 Å². The Hall–Kier alpha value is -4.17. The fourth-order valence-corrected chi connectivity index (χ4v) is 4.51. The van der Waals surface area contributed by atoms with Crippen LogP contribution in [-0.2, 0) is 13.2 Å². The molecule has 8 nitrogen and oxygen atoms in total. The molecule has 0 fully saturated rings. The minimum absolute atomic E-state index is 0.0320. The molecule has 190 valence electrons. The molecule has 8 heteroatoms. The number of aromatic nitrogens is 3. The Balaban J connectivity index is 1.39. The Morgan fingerprint density at radius 1 is 1.03 bits per heavy atom. The van der Waals surface area contributed by atoms with Crippen LogP contribution in [0.4, 0.5) is 0 Å². The van der Waals surface area contributed by atoms with Crippen LogP contribution in [0.15, 0.2) is 67.0 Å². The second kappa shape index (κ2) is 10.8. The summed E-state index contributed by atoms with van der Waals surface area (Å²) < 4.78 is 13.6. The van der Waals surface area contributed by atoms with Crippen molar-refractivity contribution in [1.82, 2.24) is 20.1 Å². The van der Waals surface area contributed by atoms with Gasteiger partial charge in [0.25, 0.3) is 5.91 Å². The highest BCUT2D eigenvalue weighted by Crippen LogP contribution is 2.36.